The number of para-hydroxylation sites is 1. The molecule has 0 spiro atoms. The van der Waals surface area contributed by atoms with Crippen molar-refractivity contribution in [3.8, 4) is 11.6 Å². The molecule has 0 fully saturated rings. The number of fused-ring (bicyclic) bond motifs is 1. The van der Waals surface area contributed by atoms with Gasteiger partial charge >= 0.3 is 0 Å². The number of halogens is 2. The molecule has 4 aromatic rings. The summed E-state index contributed by atoms with van der Waals surface area (Å²) in [6.07, 6.45) is 0.999. The van der Waals surface area contributed by atoms with Crippen molar-refractivity contribution in [2.45, 2.75) is 13.0 Å². The number of pyridine rings is 1. The molecule has 0 aliphatic carbocycles. The molecule has 3 aromatic heterocycles. The minimum Gasteiger partial charge on any atom is -0.466 e. The second-order valence-electron chi connectivity index (χ2n) is 5.20. The molecule has 1 aromatic carbocycles. The quantitative estimate of drug-likeness (QED) is 0.562. The van der Waals surface area contributed by atoms with Gasteiger partial charge in [-0.15, -0.1) is 5.10 Å². The molecule has 1 unspecified atom stereocenters. The maximum atomic E-state index is 14.1. The fourth-order valence-corrected chi connectivity index (χ4v) is 2.72. The van der Waals surface area contributed by atoms with Crippen LogP contribution in [0, 0.1) is 5.82 Å². The standard InChI is InChI=1S/C15H11BrFN7O/c1-8(13-18-7-19-22-13)25-15-9(16)6-11-14(20-15)24(23-21-11)12-5-3-2-4-10(12)17/h2-8H,1H3,(H,18,19,22). The van der Waals surface area contributed by atoms with Crippen LogP contribution in [0.15, 0.2) is 41.1 Å². The Hall–Kier alpha value is -2.88. The van der Waals surface area contributed by atoms with Crippen molar-refractivity contribution in [1.29, 1.82) is 0 Å². The predicted octanol–water partition coefficient (Wildman–Crippen LogP) is 2.98. The lowest BCUT2D eigenvalue weighted by Crippen LogP contribution is -2.08. The van der Waals surface area contributed by atoms with Crippen molar-refractivity contribution >= 4 is 27.1 Å². The third-order valence-electron chi connectivity index (χ3n) is 3.53. The number of nitrogens with one attached hydrogen (secondary N) is 1. The normalized spacial score (nSPS) is 12.4. The lowest BCUT2D eigenvalue weighted by molar-refractivity contribution is 0.207. The van der Waals surface area contributed by atoms with Gasteiger partial charge in [0.25, 0.3) is 0 Å². The molecule has 0 saturated carbocycles. The second kappa shape index (κ2) is 6.20. The zero-order valence-electron chi connectivity index (χ0n) is 12.9. The molecule has 0 saturated heterocycles. The van der Waals surface area contributed by atoms with Crippen molar-refractivity contribution in [3.05, 3.63) is 52.8 Å². The van der Waals surface area contributed by atoms with Gasteiger partial charge in [0, 0.05) is 0 Å². The molecule has 4 rings (SSSR count). The molecular weight excluding hydrogens is 393 g/mol. The van der Waals surface area contributed by atoms with E-state index < -0.39 is 11.9 Å². The van der Waals surface area contributed by atoms with Crippen LogP contribution >= 0.6 is 15.9 Å². The van der Waals surface area contributed by atoms with E-state index in [1.165, 1.54) is 17.1 Å². The van der Waals surface area contributed by atoms with Gasteiger partial charge < -0.3 is 4.74 Å². The van der Waals surface area contributed by atoms with Crippen LogP contribution in [0.25, 0.3) is 16.9 Å². The second-order valence-corrected chi connectivity index (χ2v) is 6.06. The fraction of sp³-hybridized carbons (Fsp3) is 0.133. The van der Waals surface area contributed by atoms with E-state index in [4.69, 9.17) is 4.74 Å². The van der Waals surface area contributed by atoms with Gasteiger partial charge in [0.05, 0.1) is 4.47 Å². The van der Waals surface area contributed by atoms with Crippen LogP contribution < -0.4 is 4.74 Å². The van der Waals surface area contributed by atoms with Crippen LogP contribution in [-0.4, -0.2) is 35.2 Å². The van der Waals surface area contributed by atoms with Crippen LogP contribution in [-0.2, 0) is 0 Å². The summed E-state index contributed by atoms with van der Waals surface area (Å²) in [6.45, 7) is 1.81. The Labute approximate surface area is 149 Å². The monoisotopic (exact) mass is 403 g/mol. The molecule has 0 aliphatic rings. The fourth-order valence-electron chi connectivity index (χ4n) is 2.32. The van der Waals surface area contributed by atoms with Crippen LogP contribution in [0.2, 0.25) is 0 Å². The summed E-state index contributed by atoms with van der Waals surface area (Å²) in [7, 11) is 0. The molecule has 0 aliphatic heterocycles. The zero-order chi connectivity index (χ0) is 17.4. The lowest BCUT2D eigenvalue weighted by atomic mass is 10.3. The van der Waals surface area contributed by atoms with Gasteiger partial charge in [-0.05, 0) is 41.1 Å². The molecule has 3 heterocycles. The van der Waals surface area contributed by atoms with Crippen LogP contribution in [0.4, 0.5) is 4.39 Å². The number of aromatic nitrogens is 7. The van der Waals surface area contributed by atoms with E-state index in [0.717, 1.165) is 0 Å². The number of nitrogens with zero attached hydrogens (tertiary/aromatic N) is 6. The number of aromatic amines is 1. The number of H-pyrrole nitrogens is 1. The molecule has 0 radical (unpaired) electrons. The average molecular weight is 404 g/mol. The van der Waals surface area contributed by atoms with Gasteiger partial charge in [0.1, 0.15) is 23.3 Å². The third kappa shape index (κ3) is 2.84. The van der Waals surface area contributed by atoms with Crippen molar-refractivity contribution < 1.29 is 9.13 Å². The first-order chi connectivity index (χ1) is 12.1. The molecule has 25 heavy (non-hydrogen) atoms. The highest BCUT2D eigenvalue weighted by Crippen LogP contribution is 2.30. The Morgan fingerprint density at radius 2 is 2.16 bits per heavy atom. The van der Waals surface area contributed by atoms with Gasteiger partial charge in [-0.25, -0.2) is 9.37 Å². The Morgan fingerprint density at radius 3 is 2.92 bits per heavy atom. The largest absolute Gasteiger partial charge is 0.466 e. The topological polar surface area (TPSA) is 94.4 Å². The Bertz CT molecular complexity index is 1030. The van der Waals surface area contributed by atoms with E-state index in [0.29, 0.717) is 27.3 Å². The SMILES string of the molecule is CC(Oc1nc2c(cc1Br)nnn2-c1ccccc1F)c1ncn[nH]1. The van der Waals surface area contributed by atoms with Gasteiger partial charge in [0.2, 0.25) is 5.88 Å². The number of benzene rings is 1. The third-order valence-corrected chi connectivity index (χ3v) is 4.10. The van der Waals surface area contributed by atoms with Crippen LogP contribution in [0.5, 0.6) is 5.88 Å². The molecule has 10 heteroatoms. The first-order valence-electron chi connectivity index (χ1n) is 7.32. The van der Waals surface area contributed by atoms with E-state index in [9.17, 15) is 4.39 Å². The first kappa shape index (κ1) is 15.6. The maximum Gasteiger partial charge on any atom is 0.230 e. The average Bonchev–Trinajstić information content (AvgIpc) is 3.26. The van der Waals surface area contributed by atoms with E-state index >= 15 is 0 Å². The number of hydrogen-bond acceptors (Lipinski definition) is 6. The number of rotatable bonds is 4. The minimum atomic E-state index is -0.420. The Kier molecular flexibility index (Phi) is 3.88. The maximum absolute atomic E-state index is 14.1. The van der Waals surface area contributed by atoms with Crippen molar-refractivity contribution in [1.82, 2.24) is 35.2 Å². The van der Waals surface area contributed by atoms with E-state index in [2.05, 4.69) is 46.4 Å². The smallest absolute Gasteiger partial charge is 0.230 e. The van der Waals surface area contributed by atoms with Crippen LogP contribution in [0.3, 0.4) is 0 Å². The van der Waals surface area contributed by atoms with E-state index in [1.54, 1.807) is 24.3 Å². The molecule has 1 N–H and O–H groups in total. The van der Waals surface area contributed by atoms with Crippen molar-refractivity contribution in [3.63, 3.8) is 0 Å². The Balaban J connectivity index is 1.78. The summed E-state index contributed by atoms with van der Waals surface area (Å²) in [6, 6.07) is 7.99. The number of ether oxygens (including phenoxy) is 1. The van der Waals surface area contributed by atoms with Gasteiger partial charge in [-0.3, -0.25) is 5.10 Å². The summed E-state index contributed by atoms with van der Waals surface area (Å²) in [4.78, 5) is 8.50. The van der Waals surface area contributed by atoms with Crippen LogP contribution in [0.1, 0.15) is 18.9 Å². The molecular formula is C15H11BrFN7O. The van der Waals surface area contributed by atoms with E-state index in [1.807, 2.05) is 6.92 Å². The highest BCUT2D eigenvalue weighted by molar-refractivity contribution is 9.10. The summed E-state index contributed by atoms with van der Waals surface area (Å²) < 4.78 is 21.9. The lowest BCUT2D eigenvalue weighted by Gasteiger charge is -2.12. The molecule has 1 atom stereocenters. The van der Waals surface area contributed by atoms with Crippen molar-refractivity contribution in [2.75, 3.05) is 0 Å². The van der Waals surface area contributed by atoms with Gasteiger partial charge in [-0.1, -0.05) is 17.3 Å². The summed E-state index contributed by atoms with van der Waals surface area (Å²) in [5.74, 6) is 0.460. The number of hydrogen-bond donors (Lipinski definition) is 1. The van der Waals surface area contributed by atoms with Gasteiger partial charge in [-0.2, -0.15) is 14.8 Å². The van der Waals surface area contributed by atoms with E-state index in [-0.39, 0.29) is 5.69 Å². The van der Waals surface area contributed by atoms with Crippen molar-refractivity contribution in [2.24, 2.45) is 0 Å². The minimum absolute atomic E-state index is 0.258. The summed E-state index contributed by atoms with van der Waals surface area (Å²) in [5, 5.41) is 14.6. The highest BCUT2D eigenvalue weighted by atomic mass is 79.9. The highest BCUT2D eigenvalue weighted by Gasteiger charge is 2.18. The van der Waals surface area contributed by atoms with Gasteiger partial charge in [0.15, 0.2) is 17.6 Å². The molecule has 0 amide bonds. The molecule has 0 bridgehead atoms. The summed E-state index contributed by atoms with van der Waals surface area (Å²) in [5.41, 5.74) is 1.15. The molecule has 126 valence electrons. The molecule has 8 nitrogen and oxygen atoms in total. The predicted molar refractivity (Wildman–Crippen MR) is 89.7 cm³/mol. The first-order valence-corrected chi connectivity index (χ1v) is 8.11. The summed E-state index contributed by atoms with van der Waals surface area (Å²) >= 11 is 3.40. The Morgan fingerprint density at radius 1 is 1.32 bits per heavy atom. The zero-order valence-corrected chi connectivity index (χ0v) is 14.5.